The molecule has 46 heavy (non-hydrogen) atoms. The molecule has 0 spiro atoms. The molecule has 0 radical (unpaired) electrons. The predicted octanol–water partition coefficient (Wildman–Crippen LogP) is 5.05. The summed E-state index contributed by atoms with van der Waals surface area (Å²) in [5.74, 6) is -1.07. The van der Waals surface area contributed by atoms with Gasteiger partial charge in [0.05, 0.1) is 19.3 Å². The Morgan fingerprint density at radius 1 is 1.17 bits per heavy atom. The van der Waals surface area contributed by atoms with Crippen molar-refractivity contribution in [2.75, 3.05) is 57.6 Å². The molecule has 1 aromatic carbocycles. The first kappa shape index (κ1) is 30.7. The van der Waals surface area contributed by atoms with E-state index in [1.807, 2.05) is 18.0 Å². The van der Waals surface area contributed by atoms with E-state index in [2.05, 4.69) is 26.3 Å². The van der Waals surface area contributed by atoms with Crippen LogP contribution in [0.3, 0.4) is 0 Å². The van der Waals surface area contributed by atoms with Crippen molar-refractivity contribution in [2.24, 2.45) is 11.3 Å². The van der Waals surface area contributed by atoms with Gasteiger partial charge in [-0.25, -0.2) is 18.2 Å². The highest BCUT2D eigenvalue weighted by atomic mass is 32.1. The summed E-state index contributed by atoms with van der Waals surface area (Å²) in [4.78, 5) is 18.1. The number of nitrogens with zero attached hydrogens (tertiary/aromatic N) is 6. The Kier molecular flexibility index (Phi) is 7.81. The third kappa shape index (κ3) is 5.14. The van der Waals surface area contributed by atoms with E-state index in [-0.39, 0.29) is 47.4 Å². The number of rotatable bonds is 7. The number of alkyl halides is 2. The monoisotopic (exact) mass is 652 g/mol. The molecule has 242 valence electrons. The van der Waals surface area contributed by atoms with E-state index in [0.717, 1.165) is 17.5 Å². The largest absolute Gasteiger partial charge is 0.480 e. The van der Waals surface area contributed by atoms with Crippen LogP contribution in [0.25, 0.3) is 32.2 Å². The number of aromatic nitrogens is 3. The first-order chi connectivity index (χ1) is 22.1. The number of piperidine rings is 1. The number of nitrogens with two attached hydrogens (primary N) is 1. The number of hydrogen-bond donors (Lipinski definition) is 2. The van der Waals surface area contributed by atoms with E-state index in [4.69, 9.17) is 20.2 Å². The topological polar surface area (TPSA) is 125 Å². The standard InChI is InChI=1S/C32H35F3N8O2S/c1-32(14-42(2)10-9-20(32)27(34)35)15-45-31-40-26-23(29(41-31)43-12-16-7-8-17(13-43)38-16)30(44-3)39-25(24(26)33)18-5-4-6-21-22(18)19(11-36)28(37)46-21/h4-6,16-17,20,27,38H,7-10,12-15,37H2,1-3H3/t16-,17+,20-,32+/m1/s1. The molecule has 0 amide bonds. The summed E-state index contributed by atoms with van der Waals surface area (Å²) in [6.45, 7) is 3.96. The van der Waals surface area contributed by atoms with Crippen molar-refractivity contribution in [3.63, 3.8) is 0 Å². The van der Waals surface area contributed by atoms with Crippen LogP contribution >= 0.6 is 11.3 Å². The smallest absolute Gasteiger partial charge is 0.319 e. The van der Waals surface area contributed by atoms with E-state index < -0.39 is 23.6 Å². The summed E-state index contributed by atoms with van der Waals surface area (Å²) < 4.78 is 57.9. The van der Waals surface area contributed by atoms with Crippen LogP contribution < -0.4 is 25.4 Å². The van der Waals surface area contributed by atoms with Gasteiger partial charge in [0.2, 0.25) is 12.3 Å². The summed E-state index contributed by atoms with van der Waals surface area (Å²) in [7, 11) is 3.35. The summed E-state index contributed by atoms with van der Waals surface area (Å²) in [6.07, 6.45) is -0.144. The average Bonchev–Trinajstić information content (AvgIpc) is 3.55. The van der Waals surface area contributed by atoms with Crippen LogP contribution in [0.4, 0.5) is 24.0 Å². The van der Waals surface area contributed by atoms with Crippen molar-refractivity contribution in [2.45, 2.75) is 44.7 Å². The molecule has 2 bridgehead atoms. The summed E-state index contributed by atoms with van der Waals surface area (Å²) in [5, 5.41) is 14.6. The van der Waals surface area contributed by atoms with Crippen molar-refractivity contribution in [3.05, 3.63) is 29.6 Å². The first-order valence-corrected chi connectivity index (χ1v) is 16.2. The van der Waals surface area contributed by atoms with Crippen LogP contribution in [0, 0.1) is 28.5 Å². The molecule has 4 aromatic rings. The lowest BCUT2D eigenvalue weighted by molar-refractivity contribution is -0.0679. The maximum absolute atomic E-state index is 16.9. The molecular weight excluding hydrogens is 617 g/mol. The zero-order valence-corrected chi connectivity index (χ0v) is 26.6. The van der Waals surface area contributed by atoms with Gasteiger partial charge in [-0.15, -0.1) is 11.3 Å². The Bertz CT molecular complexity index is 1850. The third-order valence-electron chi connectivity index (χ3n) is 9.71. The number of methoxy groups -OCH3 is 1. The first-order valence-electron chi connectivity index (χ1n) is 15.4. The molecule has 0 unspecified atom stereocenters. The van der Waals surface area contributed by atoms with Gasteiger partial charge in [0.25, 0.3) is 0 Å². The molecule has 3 saturated heterocycles. The van der Waals surface area contributed by atoms with Crippen molar-refractivity contribution >= 4 is 43.1 Å². The van der Waals surface area contributed by atoms with Crippen LogP contribution in [0.15, 0.2) is 18.2 Å². The zero-order valence-electron chi connectivity index (χ0n) is 25.8. The number of thiophene rings is 1. The second kappa shape index (κ2) is 11.7. The lowest BCUT2D eigenvalue weighted by Crippen LogP contribution is -2.51. The highest BCUT2D eigenvalue weighted by Crippen LogP contribution is 2.44. The number of nitriles is 1. The number of likely N-dealkylation sites (tertiary alicyclic amines) is 1. The maximum atomic E-state index is 16.9. The summed E-state index contributed by atoms with van der Waals surface area (Å²) >= 11 is 1.24. The molecule has 3 fully saturated rings. The molecule has 3 aliphatic rings. The SMILES string of the molecule is COc1nc(-c2cccc3sc(N)c(C#N)c23)c(F)c2nc(OC[C@]3(C)CN(C)CC[C@@H]3C(F)F)nc(N3C[C@H]4CC[C@@H](C3)N4)c12. The minimum absolute atomic E-state index is 0.0566. The normalized spacial score (nSPS) is 25.0. The number of nitrogen functional groups attached to an aromatic ring is 1. The number of fused-ring (bicyclic) bond motifs is 4. The third-order valence-corrected chi connectivity index (χ3v) is 10.7. The van der Waals surface area contributed by atoms with Gasteiger partial charge in [-0.1, -0.05) is 19.1 Å². The van der Waals surface area contributed by atoms with E-state index in [0.29, 0.717) is 59.8 Å². The van der Waals surface area contributed by atoms with Gasteiger partial charge in [-0.05, 0) is 38.9 Å². The molecule has 3 N–H and O–H groups in total. The minimum Gasteiger partial charge on any atom is -0.480 e. The van der Waals surface area contributed by atoms with Gasteiger partial charge in [0, 0.05) is 58.7 Å². The summed E-state index contributed by atoms with van der Waals surface area (Å²) in [5.41, 5.74) is 5.77. The van der Waals surface area contributed by atoms with E-state index in [9.17, 15) is 14.0 Å². The van der Waals surface area contributed by atoms with Crippen LogP contribution in [0.5, 0.6) is 11.9 Å². The van der Waals surface area contributed by atoms with Crippen LogP contribution in [-0.4, -0.2) is 85.3 Å². The van der Waals surface area contributed by atoms with E-state index in [1.165, 1.54) is 18.4 Å². The Labute approximate surface area is 268 Å². The molecular formula is C32H35F3N8O2S. The maximum Gasteiger partial charge on any atom is 0.319 e. The fourth-order valence-electron chi connectivity index (χ4n) is 7.50. The van der Waals surface area contributed by atoms with Crippen molar-refractivity contribution < 1.29 is 22.6 Å². The fraction of sp³-hybridized carbons (Fsp3) is 0.500. The highest BCUT2D eigenvalue weighted by Gasteiger charge is 2.45. The highest BCUT2D eigenvalue weighted by molar-refractivity contribution is 7.23. The number of piperazine rings is 1. The van der Waals surface area contributed by atoms with Crippen LogP contribution in [0.2, 0.25) is 0 Å². The zero-order chi connectivity index (χ0) is 32.3. The second-order valence-electron chi connectivity index (χ2n) is 12.9. The van der Waals surface area contributed by atoms with Crippen LogP contribution in [0.1, 0.15) is 31.7 Å². The number of nitrogens with one attached hydrogen (secondary N) is 1. The van der Waals surface area contributed by atoms with Gasteiger partial charge in [-0.3, -0.25) is 0 Å². The van der Waals surface area contributed by atoms with Crippen molar-refractivity contribution in [1.82, 2.24) is 25.2 Å². The van der Waals surface area contributed by atoms with Gasteiger partial charge in [0.15, 0.2) is 5.82 Å². The Hall–Kier alpha value is -3.93. The summed E-state index contributed by atoms with van der Waals surface area (Å²) in [6, 6.07) is 7.78. The average molecular weight is 653 g/mol. The van der Waals surface area contributed by atoms with E-state index in [1.54, 1.807) is 19.1 Å². The number of pyridine rings is 1. The lowest BCUT2D eigenvalue weighted by Gasteiger charge is -2.44. The molecule has 3 aliphatic heterocycles. The number of hydrogen-bond acceptors (Lipinski definition) is 11. The molecule has 10 nitrogen and oxygen atoms in total. The number of halogens is 3. The van der Waals surface area contributed by atoms with E-state index >= 15 is 4.39 Å². The molecule has 4 atom stereocenters. The Morgan fingerprint density at radius 2 is 1.93 bits per heavy atom. The van der Waals surface area contributed by atoms with Crippen molar-refractivity contribution in [1.29, 1.82) is 5.26 Å². The van der Waals surface area contributed by atoms with Gasteiger partial charge < -0.3 is 30.3 Å². The van der Waals surface area contributed by atoms with Crippen LogP contribution in [-0.2, 0) is 0 Å². The number of ether oxygens (including phenoxy) is 2. The number of benzene rings is 1. The lowest BCUT2D eigenvalue weighted by atomic mass is 9.73. The molecule has 3 aromatic heterocycles. The molecule has 0 aliphatic carbocycles. The number of anilines is 2. The van der Waals surface area contributed by atoms with Gasteiger partial charge >= 0.3 is 6.01 Å². The Balaban J connectivity index is 1.40. The molecule has 0 saturated carbocycles. The minimum atomic E-state index is -2.51. The molecule has 6 heterocycles. The fourth-order valence-corrected chi connectivity index (χ4v) is 8.45. The van der Waals surface area contributed by atoms with Gasteiger partial charge in [0.1, 0.15) is 33.5 Å². The molecule has 14 heteroatoms. The van der Waals surface area contributed by atoms with Gasteiger partial charge in [-0.2, -0.15) is 15.2 Å². The Morgan fingerprint density at radius 3 is 2.63 bits per heavy atom. The predicted molar refractivity (Wildman–Crippen MR) is 171 cm³/mol. The quantitative estimate of drug-likeness (QED) is 0.280. The second-order valence-corrected chi connectivity index (χ2v) is 14.0. The van der Waals surface area contributed by atoms with Crippen molar-refractivity contribution in [3.8, 4) is 29.2 Å². The molecule has 7 rings (SSSR count).